The fraction of sp³-hybridized carbons (Fsp3) is 0.462. The van der Waals surface area contributed by atoms with Gasteiger partial charge in [0.25, 0.3) is 0 Å². The Labute approximate surface area is 241 Å². The van der Waals surface area contributed by atoms with Crippen molar-refractivity contribution in [3.8, 4) is 0 Å². The van der Waals surface area contributed by atoms with E-state index in [0.29, 0.717) is 18.7 Å². The number of amides is 2. The normalized spacial score (nSPS) is 13.9. The molecule has 3 atom stereocenters. The van der Waals surface area contributed by atoms with E-state index in [1.54, 1.807) is 4.90 Å². The van der Waals surface area contributed by atoms with E-state index in [1.165, 1.54) is 12.1 Å². The third-order valence-corrected chi connectivity index (χ3v) is 6.51. The highest BCUT2D eigenvalue weighted by atomic mass is 19.4. The standard InChI is InChI=1S/C26H37BF4N6O5/c28-19-7-6-18(27(41)42)15-22(19)36-25(40)21(9-3-16-1-4-17(5-2-16)26(29,30)31)35-24(39)20(34)8-10-23(38)37(13-11-32)14-12-33/h1-2,4-7,15,20-21,23,38,41-42H,3,8-14,32-34H2,(H,35,39)(H,36,40)/t20-,21+,23?/m0/s1. The van der Waals surface area contributed by atoms with Crippen LogP contribution < -0.4 is 33.3 Å². The van der Waals surface area contributed by atoms with Gasteiger partial charge in [0.1, 0.15) is 18.1 Å². The summed E-state index contributed by atoms with van der Waals surface area (Å²) in [4.78, 5) is 27.7. The molecule has 1 unspecified atom stereocenters. The molecule has 2 rings (SSSR count). The lowest BCUT2D eigenvalue weighted by atomic mass is 9.80. The number of nitrogens with zero attached hydrogens (tertiary/aromatic N) is 1. The van der Waals surface area contributed by atoms with Crippen LogP contribution in [0.1, 0.15) is 30.4 Å². The van der Waals surface area contributed by atoms with Crippen LogP contribution >= 0.6 is 0 Å². The number of alkyl halides is 3. The maximum atomic E-state index is 14.4. The molecule has 11 N–H and O–H groups in total. The van der Waals surface area contributed by atoms with Crippen LogP contribution in [0.5, 0.6) is 0 Å². The van der Waals surface area contributed by atoms with E-state index in [2.05, 4.69) is 10.6 Å². The van der Waals surface area contributed by atoms with E-state index < -0.39 is 54.8 Å². The van der Waals surface area contributed by atoms with E-state index >= 15 is 0 Å². The molecule has 232 valence electrons. The number of aryl methyl sites for hydroxylation is 1. The Morgan fingerprint density at radius 1 is 0.952 bits per heavy atom. The van der Waals surface area contributed by atoms with Crippen molar-refractivity contribution in [2.75, 3.05) is 31.5 Å². The fourth-order valence-electron chi connectivity index (χ4n) is 4.12. The van der Waals surface area contributed by atoms with Crippen LogP contribution in [0.4, 0.5) is 23.2 Å². The number of halogens is 4. The number of aliphatic hydroxyl groups excluding tert-OH is 1. The highest BCUT2D eigenvalue weighted by Crippen LogP contribution is 2.29. The van der Waals surface area contributed by atoms with Gasteiger partial charge in [0.05, 0.1) is 17.3 Å². The zero-order chi connectivity index (χ0) is 31.4. The first kappa shape index (κ1) is 35.1. The van der Waals surface area contributed by atoms with E-state index in [1.807, 2.05) is 0 Å². The van der Waals surface area contributed by atoms with Gasteiger partial charge in [-0.05, 0) is 61.0 Å². The minimum atomic E-state index is -4.52. The first-order valence-corrected chi connectivity index (χ1v) is 13.3. The molecule has 0 spiro atoms. The first-order valence-electron chi connectivity index (χ1n) is 13.3. The predicted molar refractivity (Wildman–Crippen MR) is 149 cm³/mol. The summed E-state index contributed by atoms with van der Waals surface area (Å²) in [6, 6.07) is 4.85. The van der Waals surface area contributed by atoms with Crippen LogP contribution in [-0.2, 0) is 22.2 Å². The zero-order valence-electron chi connectivity index (χ0n) is 22.9. The van der Waals surface area contributed by atoms with Gasteiger partial charge in [-0.25, -0.2) is 4.39 Å². The zero-order valence-corrected chi connectivity index (χ0v) is 22.9. The van der Waals surface area contributed by atoms with Crippen LogP contribution in [0.3, 0.4) is 0 Å². The monoisotopic (exact) mass is 600 g/mol. The summed E-state index contributed by atoms with van der Waals surface area (Å²) in [7, 11) is -1.93. The van der Waals surface area contributed by atoms with E-state index in [-0.39, 0.29) is 49.9 Å². The molecule has 0 radical (unpaired) electrons. The van der Waals surface area contributed by atoms with Crippen LogP contribution in [0.15, 0.2) is 42.5 Å². The average molecular weight is 600 g/mol. The minimum Gasteiger partial charge on any atom is -0.423 e. The van der Waals surface area contributed by atoms with Crippen LogP contribution in [0.2, 0.25) is 0 Å². The molecule has 0 bridgehead atoms. The second kappa shape index (κ2) is 16.5. The number of rotatable bonds is 16. The number of hydrogen-bond donors (Lipinski definition) is 8. The Morgan fingerprint density at radius 2 is 1.57 bits per heavy atom. The molecule has 0 aliphatic heterocycles. The molecule has 16 heteroatoms. The van der Waals surface area contributed by atoms with E-state index in [9.17, 15) is 42.3 Å². The lowest BCUT2D eigenvalue weighted by Crippen LogP contribution is -2.51. The highest BCUT2D eigenvalue weighted by molar-refractivity contribution is 6.58. The number of carbonyl (C=O) groups is 2. The maximum absolute atomic E-state index is 14.4. The molecule has 0 heterocycles. The predicted octanol–water partition coefficient (Wildman–Crippen LogP) is -0.774. The Hall–Kier alpha value is -3.12. The molecule has 0 saturated heterocycles. The summed E-state index contributed by atoms with van der Waals surface area (Å²) < 4.78 is 53.1. The third kappa shape index (κ3) is 10.9. The fourth-order valence-corrected chi connectivity index (χ4v) is 4.12. The molecular formula is C26H37BF4N6O5. The molecule has 42 heavy (non-hydrogen) atoms. The maximum Gasteiger partial charge on any atom is 0.488 e. The van der Waals surface area contributed by atoms with Crippen LogP contribution in [-0.4, -0.2) is 83.5 Å². The van der Waals surface area contributed by atoms with Crippen molar-refractivity contribution in [1.82, 2.24) is 10.2 Å². The van der Waals surface area contributed by atoms with Gasteiger partial charge in [0.15, 0.2) is 0 Å². The van der Waals surface area contributed by atoms with Gasteiger partial charge in [-0.15, -0.1) is 0 Å². The smallest absolute Gasteiger partial charge is 0.423 e. The summed E-state index contributed by atoms with van der Waals surface area (Å²) in [6.45, 7) is 1.30. The van der Waals surface area contributed by atoms with Crippen molar-refractivity contribution in [1.29, 1.82) is 0 Å². The van der Waals surface area contributed by atoms with Gasteiger partial charge in [-0.1, -0.05) is 18.2 Å². The summed E-state index contributed by atoms with van der Waals surface area (Å²) in [6.07, 6.45) is -5.40. The second-order valence-electron chi connectivity index (χ2n) is 9.67. The Balaban J connectivity index is 2.16. The van der Waals surface area contributed by atoms with Crippen molar-refractivity contribution in [2.45, 2.75) is 50.2 Å². The molecule has 0 aliphatic rings. The average Bonchev–Trinajstić information content (AvgIpc) is 2.94. The molecule has 2 amide bonds. The largest absolute Gasteiger partial charge is 0.488 e. The van der Waals surface area contributed by atoms with E-state index in [0.717, 1.165) is 30.3 Å². The number of benzene rings is 2. The number of nitrogens with two attached hydrogens (primary N) is 3. The molecular weight excluding hydrogens is 563 g/mol. The number of carbonyl (C=O) groups excluding carboxylic acids is 2. The Bertz CT molecular complexity index is 1150. The molecule has 2 aromatic rings. The Kier molecular flexibility index (Phi) is 13.8. The summed E-state index contributed by atoms with van der Waals surface area (Å²) >= 11 is 0. The topological polar surface area (TPSA) is 200 Å². The molecule has 0 saturated carbocycles. The van der Waals surface area contributed by atoms with Gasteiger partial charge >= 0.3 is 13.3 Å². The lowest BCUT2D eigenvalue weighted by molar-refractivity contribution is -0.137. The number of hydrogen-bond acceptors (Lipinski definition) is 9. The second-order valence-corrected chi connectivity index (χ2v) is 9.67. The van der Waals surface area contributed by atoms with Gasteiger partial charge in [0, 0.05) is 26.2 Å². The number of nitrogens with one attached hydrogen (secondary N) is 2. The van der Waals surface area contributed by atoms with Gasteiger partial charge in [-0.2, -0.15) is 13.2 Å². The minimum absolute atomic E-state index is 0.0248. The molecule has 0 fully saturated rings. The van der Waals surface area contributed by atoms with Crippen LogP contribution in [0, 0.1) is 5.82 Å². The molecule has 0 aliphatic carbocycles. The first-order chi connectivity index (χ1) is 19.8. The third-order valence-electron chi connectivity index (χ3n) is 6.51. The van der Waals surface area contributed by atoms with Crippen molar-refractivity contribution in [2.24, 2.45) is 17.2 Å². The van der Waals surface area contributed by atoms with Gasteiger partial charge in [0.2, 0.25) is 11.8 Å². The van der Waals surface area contributed by atoms with Crippen molar-refractivity contribution >= 4 is 30.1 Å². The summed E-state index contributed by atoms with van der Waals surface area (Å²) in [5.41, 5.74) is 16.2. The summed E-state index contributed by atoms with van der Waals surface area (Å²) in [5.74, 6) is -2.51. The van der Waals surface area contributed by atoms with Crippen molar-refractivity contribution in [3.05, 3.63) is 59.4 Å². The van der Waals surface area contributed by atoms with Crippen molar-refractivity contribution < 1.29 is 42.3 Å². The van der Waals surface area contributed by atoms with E-state index in [4.69, 9.17) is 17.2 Å². The molecule has 2 aromatic carbocycles. The lowest BCUT2D eigenvalue weighted by Gasteiger charge is -2.27. The summed E-state index contributed by atoms with van der Waals surface area (Å²) in [5, 5.41) is 34.0. The molecule has 11 nitrogen and oxygen atoms in total. The van der Waals surface area contributed by atoms with Gasteiger partial charge in [-0.3, -0.25) is 14.5 Å². The Morgan fingerprint density at radius 3 is 2.12 bits per heavy atom. The SMILES string of the molecule is NCCN(CCN)C(O)CC[C@H](N)C(=O)N[C@H](CCc1ccc(C(F)(F)F)cc1)C(=O)Nc1cc(B(O)O)ccc1F. The number of aliphatic hydroxyl groups is 1. The quantitative estimate of drug-likeness (QED) is 0.0692. The molecule has 0 aromatic heterocycles. The number of anilines is 1. The van der Waals surface area contributed by atoms with Crippen LogP contribution in [0.25, 0.3) is 0 Å². The highest BCUT2D eigenvalue weighted by Gasteiger charge is 2.30. The van der Waals surface area contributed by atoms with Gasteiger partial charge < -0.3 is 43.0 Å². The van der Waals surface area contributed by atoms with Crippen molar-refractivity contribution in [3.63, 3.8) is 0 Å².